The number of hydrogen-bond acceptors (Lipinski definition) is 1. The lowest BCUT2D eigenvalue weighted by Crippen LogP contribution is -2.37. The number of benzene rings is 1. The fourth-order valence-corrected chi connectivity index (χ4v) is 3.97. The van der Waals surface area contributed by atoms with Crippen molar-refractivity contribution in [1.29, 1.82) is 0 Å². The summed E-state index contributed by atoms with van der Waals surface area (Å²) < 4.78 is 0. The Morgan fingerprint density at radius 3 is 2.57 bits per heavy atom. The molecule has 0 amide bonds. The lowest BCUT2D eigenvalue weighted by molar-refractivity contribution is 0.216. The molecule has 1 aliphatic rings. The molecule has 1 atom stereocenters. The third-order valence-electron chi connectivity index (χ3n) is 5.34. The van der Waals surface area contributed by atoms with Crippen LogP contribution in [0.1, 0.15) is 63.0 Å². The van der Waals surface area contributed by atoms with Crippen molar-refractivity contribution in [3.05, 3.63) is 35.4 Å². The molecule has 1 N–H and O–H groups in total. The van der Waals surface area contributed by atoms with Crippen LogP contribution in [0.25, 0.3) is 0 Å². The molecule has 1 heteroatoms. The number of rotatable bonds is 7. The summed E-state index contributed by atoms with van der Waals surface area (Å²) in [5, 5.41) is 3.60. The highest BCUT2D eigenvalue weighted by Crippen LogP contribution is 2.34. The minimum atomic E-state index is 0.652. The predicted octanol–water partition coefficient (Wildman–Crippen LogP) is 5.12. The van der Waals surface area contributed by atoms with E-state index in [9.17, 15) is 0 Å². The first-order chi connectivity index (χ1) is 10.2. The highest BCUT2D eigenvalue weighted by atomic mass is 14.9. The van der Waals surface area contributed by atoms with Crippen molar-refractivity contribution in [1.82, 2.24) is 5.32 Å². The monoisotopic (exact) mass is 287 g/mol. The topological polar surface area (TPSA) is 12.0 Å². The zero-order valence-electron chi connectivity index (χ0n) is 14.2. The Morgan fingerprint density at radius 1 is 1.19 bits per heavy atom. The Morgan fingerprint density at radius 2 is 1.95 bits per heavy atom. The third kappa shape index (κ3) is 5.14. The Kier molecular flexibility index (Phi) is 6.76. The van der Waals surface area contributed by atoms with E-state index in [-0.39, 0.29) is 0 Å². The highest BCUT2D eigenvalue weighted by Gasteiger charge is 2.26. The van der Waals surface area contributed by atoms with Crippen molar-refractivity contribution >= 4 is 0 Å². The smallest absolute Gasteiger partial charge is 0.0133 e. The number of likely N-dealkylation sites (N-methyl/N-ethyl adjacent to an activating group) is 1. The first-order valence-corrected chi connectivity index (χ1v) is 8.95. The lowest BCUT2D eigenvalue weighted by atomic mass is 9.75. The summed E-state index contributed by atoms with van der Waals surface area (Å²) in [4.78, 5) is 0. The van der Waals surface area contributed by atoms with Gasteiger partial charge in [-0.1, -0.05) is 68.9 Å². The van der Waals surface area contributed by atoms with Crippen LogP contribution < -0.4 is 5.32 Å². The summed E-state index contributed by atoms with van der Waals surface area (Å²) in [5.74, 6) is 1.88. The van der Waals surface area contributed by atoms with Crippen LogP contribution in [0.15, 0.2) is 24.3 Å². The molecule has 1 aromatic carbocycles. The second kappa shape index (κ2) is 8.58. The Balaban J connectivity index is 1.85. The molecule has 0 radical (unpaired) electrons. The summed E-state index contributed by atoms with van der Waals surface area (Å²) in [6.45, 7) is 4.50. The molecule has 0 spiro atoms. The maximum Gasteiger partial charge on any atom is 0.0133 e. The minimum Gasteiger partial charge on any atom is -0.316 e. The minimum absolute atomic E-state index is 0.652. The van der Waals surface area contributed by atoms with Crippen LogP contribution in [0.5, 0.6) is 0 Å². The van der Waals surface area contributed by atoms with Gasteiger partial charge in [0.05, 0.1) is 0 Å². The summed E-state index contributed by atoms with van der Waals surface area (Å²) in [5.41, 5.74) is 2.87. The van der Waals surface area contributed by atoms with Crippen LogP contribution in [0.4, 0.5) is 0 Å². The van der Waals surface area contributed by atoms with E-state index in [1.165, 1.54) is 62.5 Å². The summed E-state index contributed by atoms with van der Waals surface area (Å²) in [6.07, 6.45) is 11.2. The van der Waals surface area contributed by atoms with E-state index in [1.807, 2.05) is 0 Å². The van der Waals surface area contributed by atoms with E-state index in [0.717, 1.165) is 11.8 Å². The molecular formula is C20H33N. The second-order valence-corrected chi connectivity index (χ2v) is 7.01. The summed E-state index contributed by atoms with van der Waals surface area (Å²) in [7, 11) is 2.14. The van der Waals surface area contributed by atoms with Gasteiger partial charge < -0.3 is 5.32 Å². The number of unbranched alkanes of at least 4 members (excludes halogenated alkanes) is 1. The Hall–Kier alpha value is -0.820. The average molecular weight is 287 g/mol. The van der Waals surface area contributed by atoms with E-state index in [1.54, 1.807) is 0 Å². The van der Waals surface area contributed by atoms with Gasteiger partial charge in [-0.25, -0.2) is 0 Å². The van der Waals surface area contributed by atoms with Crippen LogP contribution in [-0.2, 0) is 6.42 Å². The predicted molar refractivity (Wildman–Crippen MR) is 92.7 cm³/mol. The molecule has 21 heavy (non-hydrogen) atoms. The first kappa shape index (κ1) is 16.5. The first-order valence-electron chi connectivity index (χ1n) is 8.95. The highest BCUT2D eigenvalue weighted by molar-refractivity contribution is 5.23. The van der Waals surface area contributed by atoms with Crippen molar-refractivity contribution in [3.8, 4) is 0 Å². The van der Waals surface area contributed by atoms with Gasteiger partial charge in [-0.2, -0.15) is 0 Å². The molecule has 0 saturated heterocycles. The second-order valence-electron chi connectivity index (χ2n) is 7.01. The molecule has 1 aliphatic carbocycles. The van der Waals surface area contributed by atoms with Gasteiger partial charge in [0.15, 0.2) is 0 Å². The van der Waals surface area contributed by atoms with Crippen LogP contribution >= 0.6 is 0 Å². The molecular weight excluding hydrogens is 254 g/mol. The molecule has 0 bridgehead atoms. The van der Waals surface area contributed by atoms with Gasteiger partial charge in [-0.3, -0.25) is 0 Å². The number of nitrogens with one attached hydrogen (secondary N) is 1. The number of aryl methyl sites for hydroxylation is 1. The van der Waals surface area contributed by atoms with Crippen molar-refractivity contribution in [2.45, 2.75) is 71.3 Å². The van der Waals surface area contributed by atoms with E-state index in [0.29, 0.717) is 6.04 Å². The van der Waals surface area contributed by atoms with Crippen molar-refractivity contribution < 1.29 is 0 Å². The summed E-state index contributed by atoms with van der Waals surface area (Å²) in [6, 6.07) is 9.66. The number of hydrogen-bond donors (Lipinski definition) is 1. The quantitative estimate of drug-likeness (QED) is 0.733. The van der Waals surface area contributed by atoms with Crippen LogP contribution in [0.3, 0.4) is 0 Å². The third-order valence-corrected chi connectivity index (χ3v) is 5.34. The van der Waals surface area contributed by atoms with E-state index >= 15 is 0 Å². The van der Waals surface area contributed by atoms with Gasteiger partial charge in [0.1, 0.15) is 0 Å². The zero-order valence-corrected chi connectivity index (χ0v) is 14.2. The van der Waals surface area contributed by atoms with Gasteiger partial charge in [0.25, 0.3) is 0 Å². The van der Waals surface area contributed by atoms with Gasteiger partial charge in [-0.15, -0.1) is 0 Å². The Bertz CT molecular complexity index is 404. The van der Waals surface area contributed by atoms with Gasteiger partial charge in [0, 0.05) is 6.04 Å². The molecule has 2 rings (SSSR count). The Labute approximate surface area is 131 Å². The maximum atomic E-state index is 3.60. The van der Waals surface area contributed by atoms with Gasteiger partial charge >= 0.3 is 0 Å². The van der Waals surface area contributed by atoms with E-state index in [2.05, 4.69) is 50.5 Å². The molecule has 0 heterocycles. The zero-order chi connectivity index (χ0) is 15.1. The molecule has 118 valence electrons. The van der Waals surface area contributed by atoms with Gasteiger partial charge in [-0.05, 0) is 50.6 Å². The normalized spacial score (nSPS) is 24.0. The van der Waals surface area contributed by atoms with Crippen molar-refractivity contribution in [2.75, 3.05) is 7.05 Å². The molecule has 1 unspecified atom stereocenters. The SMILES string of the molecule is CCCCC1CCC(C(Cc2cccc(C)c2)NC)CC1. The summed E-state index contributed by atoms with van der Waals surface area (Å²) >= 11 is 0. The van der Waals surface area contributed by atoms with Gasteiger partial charge in [0.2, 0.25) is 0 Å². The molecule has 1 aromatic rings. The maximum absolute atomic E-state index is 3.60. The van der Waals surface area contributed by atoms with E-state index < -0.39 is 0 Å². The van der Waals surface area contributed by atoms with Crippen LogP contribution in [-0.4, -0.2) is 13.1 Å². The molecule has 0 aromatic heterocycles. The molecule has 1 fully saturated rings. The standard InChI is InChI=1S/C20H33N/c1-4-5-8-17-10-12-19(13-11-17)20(21-3)15-18-9-6-7-16(2)14-18/h6-7,9,14,17,19-21H,4-5,8,10-13,15H2,1-3H3. The van der Waals surface area contributed by atoms with Crippen molar-refractivity contribution in [2.24, 2.45) is 11.8 Å². The average Bonchev–Trinajstić information content (AvgIpc) is 2.51. The molecule has 0 aliphatic heterocycles. The lowest BCUT2D eigenvalue weighted by Gasteiger charge is -2.34. The molecule has 1 saturated carbocycles. The van der Waals surface area contributed by atoms with Crippen molar-refractivity contribution in [3.63, 3.8) is 0 Å². The fraction of sp³-hybridized carbons (Fsp3) is 0.700. The van der Waals surface area contributed by atoms with Crippen LogP contribution in [0.2, 0.25) is 0 Å². The van der Waals surface area contributed by atoms with E-state index in [4.69, 9.17) is 0 Å². The van der Waals surface area contributed by atoms with Crippen LogP contribution in [0, 0.1) is 18.8 Å². The fourth-order valence-electron chi connectivity index (χ4n) is 3.97. The largest absolute Gasteiger partial charge is 0.316 e. The molecule has 1 nitrogen and oxygen atoms in total.